The third kappa shape index (κ3) is 5.21. The third-order valence-electron chi connectivity index (χ3n) is 7.28. The van der Waals surface area contributed by atoms with Crippen LogP contribution in [-0.4, -0.2) is 78.6 Å². The molecule has 9 nitrogen and oxygen atoms in total. The molecule has 1 amide bonds. The second kappa shape index (κ2) is 11.0. The topological polar surface area (TPSA) is 85.9 Å². The molecule has 3 aromatic rings. The molecule has 0 atom stereocenters. The number of likely N-dealkylation sites (N-methyl/N-ethyl adjacent to an activating group) is 1. The number of nitrogens with zero attached hydrogens (tertiary/aromatic N) is 5. The van der Waals surface area contributed by atoms with Gasteiger partial charge in [-0.15, -0.1) is 0 Å². The zero-order valence-corrected chi connectivity index (χ0v) is 23.0. The van der Waals surface area contributed by atoms with E-state index in [-0.39, 0.29) is 5.91 Å². The SMILES string of the molecule is COc1ccccc1Nc1ncc(Cl)c(Nc2ccc(N3CCN(C(C)C)CC3)c3c2C(=O)N(C)CC3)n1. The summed E-state index contributed by atoms with van der Waals surface area (Å²) in [6, 6.07) is 12.2. The first-order valence-corrected chi connectivity index (χ1v) is 13.3. The molecule has 0 aliphatic carbocycles. The van der Waals surface area contributed by atoms with E-state index in [1.165, 1.54) is 6.20 Å². The fourth-order valence-corrected chi connectivity index (χ4v) is 5.23. The molecule has 2 aromatic carbocycles. The number of nitrogens with one attached hydrogen (secondary N) is 2. The fraction of sp³-hybridized carbons (Fsp3) is 0.393. The largest absolute Gasteiger partial charge is 0.495 e. The van der Waals surface area contributed by atoms with E-state index in [0.717, 1.165) is 49.5 Å². The number of fused-ring (bicyclic) bond motifs is 1. The molecule has 2 aliphatic heterocycles. The Labute approximate surface area is 228 Å². The Morgan fingerprint density at radius 2 is 1.76 bits per heavy atom. The maximum atomic E-state index is 13.4. The van der Waals surface area contributed by atoms with Gasteiger partial charge in [0, 0.05) is 51.5 Å². The lowest BCUT2D eigenvalue weighted by Gasteiger charge is -2.40. The van der Waals surface area contributed by atoms with Gasteiger partial charge in [0.05, 0.1) is 30.2 Å². The molecule has 0 saturated carbocycles. The van der Waals surface area contributed by atoms with Crippen LogP contribution in [0.15, 0.2) is 42.6 Å². The van der Waals surface area contributed by atoms with Crippen LogP contribution in [0.1, 0.15) is 29.8 Å². The monoisotopic (exact) mass is 535 g/mol. The highest BCUT2D eigenvalue weighted by Gasteiger charge is 2.30. The first-order valence-electron chi connectivity index (χ1n) is 13.0. The number of rotatable bonds is 7. The normalized spacial score (nSPS) is 16.0. The van der Waals surface area contributed by atoms with Gasteiger partial charge in [0.15, 0.2) is 5.82 Å². The van der Waals surface area contributed by atoms with E-state index in [4.69, 9.17) is 16.3 Å². The van der Waals surface area contributed by atoms with Crippen LogP contribution < -0.4 is 20.3 Å². The van der Waals surface area contributed by atoms with E-state index in [1.807, 2.05) is 37.4 Å². The van der Waals surface area contributed by atoms with Crippen LogP contribution in [0, 0.1) is 0 Å². The Morgan fingerprint density at radius 3 is 2.50 bits per heavy atom. The number of amides is 1. The lowest BCUT2D eigenvalue weighted by Crippen LogP contribution is -2.49. The number of benzene rings is 2. The van der Waals surface area contributed by atoms with Gasteiger partial charge in [0.2, 0.25) is 5.95 Å². The molecule has 1 aromatic heterocycles. The molecule has 10 heteroatoms. The van der Waals surface area contributed by atoms with Gasteiger partial charge < -0.3 is 25.2 Å². The van der Waals surface area contributed by atoms with Gasteiger partial charge in [-0.25, -0.2) is 4.98 Å². The Hall–Kier alpha value is -3.56. The second-order valence-corrected chi connectivity index (χ2v) is 10.3. The van der Waals surface area contributed by atoms with E-state index in [0.29, 0.717) is 46.4 Å². The van der Waals surface area contributed by atoms with Crippen molar-refractivity contribution < 1.29 is 9.53 Å². The standard InChI is InChI=1S/C28H34ClN7O2/c1-18(2)35-13-15-36(16-14-35)23-10-9-22(25-19(23)11-12-34(3)27(25)37)31-26-20(29)17-30-28(33-26)32-21-7-5-6-8-24(21)38-4/h5-10,17-18H,11-16H2,1-4H3,(H2,30,31,32,33). The van der Waals surface area contributed by atoms with Crippen LogP contribution in [-0.2, 0) is 6.42 Å². The first-order chi connectivity index (χ1) is 18.4. The number of para-hydroxylation sites is 2. The van der Waals surface area contributed by atoms with Crippen molar-refractivity contribution in [3.05, 3.63) is 58.7 Å². The average molecular weight is 536 g/mol. The highest BCUT2D eigenvalue weighted by molar-refractivity contribution is 6.33. The van der Waals surface area contributed by atoms with Crippen molar-refractivity contribution in [3.8, 4) is 5.75 Å². The van der Waals surface area contributed by atoms with Crippen LogP contribution in [0.5, 0.6) is 5.75 Å². The minimum absolute atomic E-state index is 0.00559. The molecule has 0 radical (unpaired) electrons. The molecule has 5 rings (SSSR count). The quantitative estimate of drug-likeness (QED) is 0.447. The number of carbonyl (C=O) groups is 1. The lowest BCUT2D eigenvalue weighted by molar-refractivity contribution is 0.0782. The summed E-state index contributed by atoms with van der Waals surface area (Å²) in [6.45, 7) is 9.07. The molecule has 1 fully saturated rings. The molecule has 38 heavy (non-hydrogen) atoms. The summed E-state index contributed by atoms with van der Waals surface area (Å²) < 4.78 is 5.42. The number of carbonyl (C=O) groups excluding carboxylic acids is 1. The predicted octanol–water partition coefficient (Wildman–Crippen LogP) is 4.78. The van der Waals surface area contributed by atoms with Crippen molar-refractivity contribution in [2.45, 2.75) is 26.3 Å². The van der Waals surface area contributed by atoms with E-state index in [2.05, 4.69) is 50.3 Å². The molecule has 200 valence electrons. The van der Waals surface area contributed by atoms with Gasteiger partial charge in [0.25, 0.3) is 5.91 Å². The van der Waals surface area contributed by atoms with Crippen LogP contribution in [0.4, 0.5) is 28.8 Å². The molecule has 2 aliphatic rings. The van der Waals surface area contributed by atoms with Gasteiger partial charge >= 0.3 is 0 Å². The zero-order valence-electron chi connectivity index (χ0n) is 22.3. The molecular weight excluding hydrogens is 502 g/mol. The van der Waals surface area contributed by atoms with Gasteiger partial charge in [-0.3, -0.25) is 9.69 Å². The zero-order chi connectivity index (χ0) is 26.8. The summed E-state index contributed by atoms with van der Waals surface area (Å²) in [5, 5.41) is 6.87. The average Bonchev–Trinajstić information content (AvgIpc) is 2.93. The molecule has 0 bridgehead atoms. The maximum absolute atomic E-state index is 13.4. The molecule has 3 heterocycles. The number of aromatic nitrogens is 2. The third-order valence-corrected chi connectivity index (χ3v) is 7.56. The Balaban J connectivity index is 1.45. The molecular formula is C28H34ClN7O2. The predicted molar refractivity (Wildman–Crippen MR) is 153 cm³/mol. The van der Waals surface area contributed by atoms with Crippen molar-refractivity contribution in [2.24, 2.45) is 0 Å². The maximum Gasteiger partial charge on any atom is 0.256 e. The Morgan fingerprint density at radius 1 is 1.00 bits per heavy atom. The highest BCUT2D eigenvalue weighted by Crippen LogP contribution is 2.37. The summed E-state index contributed by atoms with van der Waals surface area (Å²) in [4.78, 5) is 29.0. The Bertz CT molecular complexity index is 1320. The summed E-state index contributed by atoms with van der Waals surface area (Å²) >= 11 is 6.50. The summed E-state index contributed by atoms with van der Waals surface area (Å²) in [7, 11) is 3.46. The van der Waals surface area contributed by atoms with Crippen LogP contribution in [0.25, 0.3) is 0 Å². The molecule has 2 N–H and O–H groups in total. The minimum atomic E-state index is -0.00559. The van der Waals surface area contributed by atoms with Gasteiger partial charge in [0.1, 0.15) is 10.8 Å². The molecule has 0 spiro atoms. The fourth-order valence-electron chi connectivity index (χ4n) is 5.10. The van der Waals surface area contributed by atoms with E-state index >= 15 is 0 Å². The second-order valence-electron chi connectivity index (χ2n) is 9.92. The number of hydrogen-bond acceptors (Lipinski definition) is 8. The van der Waals surface area contributed by atoms with Gasteiger partial charge in [-0.05, 0) is 50.1 Å². The number of methoxy groups -OCH3 is 1. The van der Waals surface area contributed by atoms with Crippen LogP contribution >= 0.6 is 11.6 Å². The van der Waals surface area contributed by atoms with Crippen LogP contribution in [0.3, 0.4) is 0 Å². The number of ether oxygens (including phenoxy) is 1. The van der Waals surface area contributed by atoms with Crippen LogP contribution in [0.2, 0.25) is 5.02 Å². The summed E-state index contributed by atoms with van der Waals surface area (Å²) in [5.74, 6) is 1.45. The van der Waals surface area contributed by atoms with Gasteiger partial charge in [-0.1, -0.05) is 23.7 Å². The first kappa shape index (κ1) is 26.1. The number of halogens is 1. The van der Waals surface area contributed by atoms with Crippen molar-refractivity contribution >= 4 is 46.3 Å². The van der Waals surface area contributed by atoms with E-state index < -0.39 is 0 Å². The molecule has 0 unspecified atom stereocenters. The minimum Gasteiger partial charge on any atom is -0.495 e. The number of anilines is 5. The van der Waals surface area contributed by atoms with E-state index in [9.17, 15) is 4.79 Å². The van der Waals surface area contributed by atoms with E-state index in [1.54, 1.807) is 12.0 Å². The lowest BCUT2D eigenvalue weighted by atomic mass is 9.94. The van der Waals surface area contributed by atoms with Crippen molar-refractivity contribution in [2.75, 3.05) is 62.4 Å². The van der Waals surface area contributed by atoms with Crippen molar-refractivity contribution in [1.29, 1.82) is 0 Å². The number of piperazine rings is 1. The highest BCUT2D eigenvalue weighted by atomic mass is 35.5. The van der Waals surface area contributed by atoms with Crippen molar-refractivity contribution in [3.63, 3.8) is 0 Å². The summed E-state index contributed by atoms with van der Waals surface area (Å²) in [5.41, 5.74) is 4.32. The molecule has 1 saturated heterocycles. The number of hydrogen-bond donors (Lipinski definition) is 2. The van der Waals surface area contributed by atoms with Crippen molar-refractivity contribution in [1.82, 2.24) is 19.8 Å². The smallest absolute Gasteiger partial charge is 0.256 e. The van der Waals surface area contributed by atoms with Gasteiger partial charge in [-0.2, -0.15) is 4.98 Å². The Kier molecular flexibility index (Phi) is 7.58. The summed E-state index contributed by atoms with van der Waals surface area (Å²) in [6.07, 6.45) is 2.34.